The zero-order chi connectivity index (χ0) is 56.4. The van der Waals surface area contributed by atoms with Gasteiger partial charge in [0.2, 0.25) is 17.7 Å². The van der Waals surface area contributed by atoms with Gasteiger partial charge in [-0.2, -0.15) is 0 Å². The van der Waals surface area contributed by atoms with Crippen molar-refractivity contribution in [3.05, 3.63) is 173 Å². The summed E-state index contributed by atoms with van der Waals surface area (Å²) in [5, 5.41) is 23.3. The van der Waals surface area contributed by atoms with Crippen molar-refractivity contribution >= 4 is 60.1 Å². The maximum atomic E-state index is 15.0. The first-order valence-electron chi connectivity index (χ1n) is 25.8. The van der Waals surface area contributed by atoms with Gasteiger partial charge in [0.1, 0.15) is 37.4 Å². The highest BCUT2D eigenvalue weighted by Gasteiger charge is 2.51. The van der Waals surface area contributed by atoms with Crippen LogP contribution in [0.25, 0.3) is 11.1 Å². The van der Waals surface area contributed by atoms with Crippen LogP contribution in [0.4, 0.5) is 10.5 Å². The summed E-state index contributed by atoms with van der Waals surface area (Å²) in [5.74, 6) is -4.86. The first-order valence-corrected chi connectivity index (χ1v) is 27.8. The number of hydrogen-bond donors (Lipinski definition) is 4. The van der Waals surface area contributed by atoms with Crippen molar-refractivity contribution in [3.8, 4) is 11.1 Å². The Balaban J connectivity index is 1.32. The lowest BCUT2D eigenvalue weighted by molar-refractivity contribution is -0.384. The molecule has 0 radical (unpaired) electrons. The molecule has 0 fully saturated rings. The van der Waals surface area contributed by atoms with Crippen LogP contribution in [0, 0.1) is 16.0 Å². The number of amides is 4. The second kappa shape index (κ2) is 27.9. The van der Waals surface area contributed by atoms with Crippen molar-refractivity contribution in [2.45, 2.75) is 95.6 Å². The summed E-state index contributed by atoms with van der Waals surface area (Å²) in [6, 6.07) is 34.8. The molecule has 0 heterocycles. The number of carbonyl (C=O) groups is 6. The molecule has 18 nitrogen and oxygen atoms in total. The van der Waals surface area contributed by atoms with Gasteiger partial charge in [0.05, 0.1) is 31.9 Å². The van der Waals surface area contributed by atoms with Gasteiger partial charge in [0, 0.05) is 24.5 Å². The molecule has 6 rings (SSSR count). The predicted octanol–water partition coefficient (Wildman–Crippen LogP) is 6.78. The van der Waals surface area contributed by atoms with Gasteiger partial charge in [0.15, 0.2) is 0 Å². The zero-order valence-electron chi connectivity index (χ0n) is 44.9. The lowest BCUT2D eigenvalue weighted by atomic mass is 9.98. The number of carbonyl (C=O) groups excluding carboxylic acids is 6. The van der Waals surface area contributed by atoms with Crippen LogP contribution in [0.5, 0.6) is 0 Å². The van der Waals surface area contributed by atoms with E-state index in [1.54, 1.807) is 6.92 Å². The highest BCUT2D eigenvalue weighted by Crippen LogP contribution is 2.44. The standard InChI is InChI=1S/C59H69N5O13Si/c1-8-34-75-57(69)53(39(3)9-2)63-56(68)50(37-74-35-40-28-30-41(31-29-40)64(71)72)61-54(66)49(32-33-52(65)73-7)60-55(67)51(38-77-78(59(4,5)6,42-20-12-10-13-21-42)43-22-14-11-15-23-43)62-58(70)76-36-48-46-26-18-16-24-44(46)45-25-17-19-27-47(45)48/h8,10-31,39,48-51,53H,1,9,32-38H2,2-7H3,(H,60,67)(H,61,66)(H,62,70)(H,63,68)/t39-,49-,50-,51-,53-/m0/s1. The molecule has 0 saturated heterocycles. The van der Waals surface area contributed by atoms with Crippen LogP contribution >= 0.6 is 0 Å². The van der Waals surface area contributed by atoms with E-state index in [1.807, 2.05) is 116 Å². The molecule has 412 valence electrons. The van der Waals surface area contributed by atoms with Crippen LogP contribution in [0.15, 0.2) is 146 Å². The van der Waals surface area contributed by atoms with Crippen molar-refractivity contribution in [2.75, 3.05) is 33.5 Å². The second-order valence-corrected chi connectivity index (χ2v) is 24.3. The van der Waals surface area contributed by atoms with Crippen molar-refractivity contribution in [2.24, 2.45) is 5.92 Å². The molecule has 5 aromatic carbocycles. The van der Waals surface area contributed by atoms with Gasteiger partial charge in [-0.15, -0.1) is 0 Å². The maximum absolute atomic E-state index is 15.0. The number of hydrogen-bond acceptors (Lipinski definition) is 13. The number of benzene rings is 5. The van der Waals surface area contributed by atoms with Crippen molar-refractivity contribution < 1.29 is 57.1 Å². The van der Waals surface area contributed by atoms with Crippen LogP contribution in [-0.2, 0) is 54.0 Å². The summed E-state index contributed by atoms with van der Waals surface area (Å²) in [6.07, 6.45) is 0.192. The smallest absolute Gasteiger partial charge is 0.407 e. The SMILES string of the molecule is C=CCOC(=O)[C@@H](NC(=O)[C@H](COCc1ccc([N+](=O)[O-])cc1)NC(=O)[C@H](CCC(=O)OC)NC(=O)[C@H](CO[Si](c1ccccc1)(c1ccccc1)C(C)(C)C)NC(=O)OCC1c2ccccc2-c2ccccc21)[C@@H](C)CC. The number of rotatable bonds is 27. The summed E-state index contributed by atoms with van der Waals surface area (Å²) in [4.78, 5) is 94.9. The summed E-state index contributed by atoms with van der Waals surface area (Å²) in [7, 11) is -2.21. The van der Waals surface area contributed by atoms with Crippen LogP contribution in [0.2, 0.25) is 5.04 Å². The molecule has 0 saturated carbocycles. The van der Waals surface area contributed by atoms with Crippen LogP contribution < -0.4 is 31.6 Å². The summed E-state index contributed by atoms with van der Waals surface area (Å²) in [6.45, 7) is 12.1. The van der Waals surface area contributed by atoms with Crippen molar-refractivity contribution in [1.82, 2.24) is 21.3 Å². The first-order chi connectivity index (χ1) is 37.4. The number of fused-ring (bicyclic) bond motifs is 3. The van der Waals surface area contributed by atoms with E-state index in [9.17, 15) is 34.1 Å². The quantitative estimate of drug-likeness (QED) is 0.0106. The lowest BCUT2D eigenvalue weighted by Crippen LogP contribution is -2.68. The Morgan fingerprint density at radius 3 is 1.77 bits per heavy atom. The minimum absolute atomic E-state index is 0.0759. The first kappa shape index (κ1) is 59.2. The van der Waals surface area contributed by atoms with E-state index in [-0.39, 0.29) is 44.3 Å². The summed E-state index contributed by atoms with van der Waals surface area (Å²) < 4.78 is 29.2. The van der Waals surface area contributed by atoms with Gasteiger partial charge in [-0.3, -0.25) is 29.3 Å². The van der Waals surface area contributed by atoms with E-state index in [1.165, 1.54) is 37.5 Å². The fraction of sp³-hybridized carbons (Fsp3) is 0.356. The highest BCUT2D eigenvalue weighted by atomic mass is 28.4. The average molecular weight is 1080 g/mol. The van der Waals surface area contributed by atoms with Gasteiger partial charge in [-0.25, -0.2) is 9.59 Å². The Bertz CT molecular complexity index is 2800. The third-order valence-corrected chi connectivity index (χ3v) is 18.8. The number of nitrogens with zero attached hydrogens (tertiary/aromatic N) is 1. The normalized spacial score (nSPS) is 13.9. The number of alkyl carbamates (subject to hydrolysis) is 1. The molecule has 4 amide bonds. The second-order valence-electron chi connectivity index (χ2n) is 20.0. The molecule has 19 heteroatoms. The molecule has 5 atom stereocenters. The van der Waals surface area contributed by atoms with E-state index in [0.717, 1.165) is 32.6 Å². The molecular formula is C59H69N5O13Si. The Morgan fingerprint density at radius 1 is 0.705 bits per heavy atom. The molecule has 1 aliphatic rings. The monoisotopic (exact) mass is 1080 g/mol. The van der Waals surface area contributed by atoms with E-state index in [2.05, 4.69) is 48.6 Å². The number of nitro benzene ring substituents is 1. The minimum Gasteiger partial charge on any atom is -0.469 e. The molecule has 0 unspecified atom stereocenters. The largest absolute Gasteiger partial charge is 0.469 e. The third kappa shape index (κ3) is 14.9. The molecule has 0 aromatic heterocycles. The number of esters is 2. The van der Waals surface area contributed by atoms with Gasteiger partial charge < -0.3 is 44.6 Å². The Labute approximate surface area is 455 Å². The maximum Gasteiger partial charge on any atom is 0.407 e. The van der Waals surface area contributed by atoms with E-state index >= 15 is 4.79 Å². The minimum atomic E-state index is -3.38. The van der Waals surface area contributed by atoms with Crippen LogP contribution in [-0.4, -0.2) is 107 Å². The van der Waals surface area contributed by atoms with E-state index in [0.29, 0.717) is 12.0 Å². The topological polar surface area (TPSA) is 240 Å². The Kier molecular flexibility index (Phi) is 21.2. The van der Waals surface area contributed by atoms with Gasteiger partial charge in [0.25, 0.3) is 14.0 Å². The molecule has 4 N–H and O–H groups in total. The predicted molar refractivity (Wildman–Crippen MR) is 296 cm³/mol. The number of methoxy groups -OCH3 is 1. The van der Waals surface area contributed by atoms with Gasteiger partial charge in [-0.1, -0.05) is 163 Å². The lowest BCUT2D eigenvalue weighted by Gasteiger charge is -2.43. The molecule has 0 spiro atoms. The molecule has 0 aliphatic heterocycles. The van der Waals surface area contributed by atoms with Gasteiger partial charge >= 0.3 is 18.0 Å². The molecule has 78 heavy (non-hydrogen) atoms. The summed E-state index contributed by atoms with van der Waals surface area (Å²) in [5.41, 5.74) is 4.35. The Morgan fingerprint density at radius 2 is 1.23 bits per heavy atom. The molecule has 5 aromatic rings. The van der Waals surface area contributed by atoms with E-state index < -0.39 is 97.3 Å². The number of non-ortho nitro benzene ring substituents is 1. The molecule has 0 bridgehead atoms. The fourth-order valence-corrected chi connectivity index (χ4v) is 14.0. The number of nitro groups is 1. The van der Waals surface area contributed by atoms with Crippen molar-refractivity contribution in [3.63, 3.8) is 0 Å². The fourth-order valence-electron chi connectivity index (χ4n) is 9.46. The third-order valence-electron chi connectivity index (χ3n) is 13.8. The van der Waals surface area contributed by atoms with Crippen LogP contribution in [0.3, 0.4) is 0 Å². The zero-order valence-corrected chi connectivity index (χ0v) is 45.9. The van der Waals surface area contributed by atoms with E-state index in [4.69, 9.17) is 23.4 Å². The number of nitrogens with one attached hydrogen (secondary N) is 4. The Hall–Kier alpha value is -8.00. The molecule has 1 aliphatic carbocycles. The van der Waals surface area contributed by atoms with Gasteiger partial charge in [-0.05, 0) is 67.7 Å². The van der Waals surface area contributed by atoms with Crippen molar-refractivity contribution in [1.29, 1.82) is 0 Å². The van der Waals surface area contributed by atoms with Crippen LogP contribution in [0.1, 0.15) is 76.5 Å². The number of ether oxygens (including phenoxy) is 4. The highest BCUT2D eigenvalue weighted by molar-refractivity contribution is 6.99. The average Bonchev–Trinajstić information content (AvgIpc) is 3.81. The summed E-state index contributed by atoms with van der Waals surface area (Å²) >= 11 is 0. The molecular weight excluding hydrogens is 1010 g/mol.